The maximum absolute atomic E-state index is 12.1. The van der Waals surface area contributed by atoms with Gasteiger partial charge in [0.15, 0.2) is 11.7 Å². The summed E-state index contributed by atoms with van der Waals surface area (Å²) < 4.78 is 27.4. The summed E-state index contributed by atoms with van der Waals surface area (Å²) in [5, 5.41) is 2.44. The Balaban J connectivity index is 0.000000175. The second kappa shape index (κ2) is 30.8. The van der Waals surface area contributed by atoms with E-state index in [0.29, 0.717) is 27.9 Å². The molecule has 10 heteroatoms. The molecule has 0 N–H and O–H groups in total. The van der Waals surface area contributed by atoms with Crippen molar-refractivity contribution in [3.63, 3.8) is 0 Å². The van der Waals surface area contributed by atoms with Crippen molar-refractivity contribution in [1.82, 2.24) is 0 Å². The number of rotatable bonds is 14. The molecule has 446 valence electrons. The van der Waals surface area contributed by atoms with Crippen LogP contribution < -0.4 is 0 Å². The molecule has 0 fully saturated rings. The molecule has 0 radical (unpaired) electrons. The molecule has 0 aliphatic heterocycles. The average Bonchev–Trinajstić information content (AvgIpc) is 1.90. The molecular formula is C77H78O10. The number of ether oxygens (including phenoxy) is 5. The van der Waals surface area contributed by atoms with Gasteiger partial charge in [-0.25, -0.2) is 24.0 Å². The van der Waals surface area contributed by atoms with Gasteiger partial charge in [0.1, 0.15) is 17.8 Å². The number of fused-ring (bicyclic) bond motifs is 2. The van der Waals surface area contributed by atoms with Gasteiger partial charge in [0.05, 0.1) is 0 Å². The van der Waals surface area contributed by atoms with Crippen molar-refractivity contribution in [2.45, 2.75) is 105 Å². The van der Waals surface area contributed by atoms with Gasteiger partial charge in [0.25, 0.3) is 0 Å². The number of hydrogen-bond acceptors (Lipinski definition) is 10. The summed E-state index contributed by atoms with van der Waals surface area (Å²) >= 11 is 0. The van der Waals surface area contributed by atoms with E-state index in [9.17, 15) is 24.0 Å². The zero-order valence-corrected chi connectivity index (χ0v) is 51.4. The fraction of sp³-hybridized carbons (Fsp3) is 0.208. The van der Waals surface area contributed by atoms with E-state index in [4.69, 9.17) is 23.7 Å². The van der Waals surface area contributed by atoms with Gasteiger partial charge in [0, 0.05) is 51.0 Å². The highest BCUT2D eigenvalue weighted by atomic mass is 16.6. The third-order valence-corrected chi connectivity index (χ3v) is 14.3. The van der Waals surface area contributed by atoms with Gasteiger partial charge in [-0.15, -0.1) is 0 Å². The molecule has 0 spiro atoms. The molecule has 87 heavy (non-hydrogen) atoms. The number of esters is 5. The Morgan fingerprint density at radius 3 is 1.33 bits per heavy atom. The normalized spacial score (nSPS) is 13.1. The molecule has 0 aromatic heterocycles. The third-order valence-electron chi connectivity index (χ3n) is 14.3. The lowest BCUT2D eigenvalue weighted by molar-refractivity contribution is -0.152. The predicted octanol–water partition coefficient (Wildman–Crippen LogP) is 17.3. The molecule has 0 heterocycles. The van der Waals surface area contributed by atoms with Gasteiger partial charge in [-0.05, 0) is 118 Å². The summed E-state index contributed by atoms with van der Waals surface area (Å²) in [5.74, 6) is -1.75. The number of benzene rings is 8. The molecule has 2 aliphatic carbocycles. The van der Waals surface area contributed by atoms with Crippen LogP contribution in [-0.2, 0) is 71.7 Å². The van der Waals surface area contributed by atoms with Gasteiger partial charge in [-0.2, -0.15) is 0 Å². The van der Waals surface area contributed by atoms with E-state index in [1.807, 2.05) is 204 Å². The zero-order valence-electron chi connectivity index (χ0n) is 51.4. The Kier molecular flexibility index (Phi) is 23.4. The van der Waals surface area contributed by atoms with E-state index in [-0.39, 0.29) is 42.1 Å². The van der Waals surface area contributed by atoms with E-state index < -0.39 is 17.3 Å². The highest BCUT2D eigenvalue weighted by molar-refractivity contribution is 5.93. The standard InChI is InChI=1S/C19H18O2.C17H16O2.C16H14O2.C13H16O2.C12H14O2/c1-13(2)18(20)21-19(3)16-10-6-4-8-14(16)12-15-9-5-7-11-17(15)19;1-13(2)17(18)19-16(14-9-5-3-6-10-14)15-11-7-4-8-12-15;1-10(2)16(17)18-14-9-12-7-3-5-11-6-4-8-13(14)15(11)12;1-10(2)12(14)15-13(3,4)11-8-6-5-7-9-11;1-9(2)12(13)14-10(3)11-7-5-4-6-8-11/h4-11H,1,12H2,2-3H3;3-12,16H,1H2,2H3;3-8,14H,1,9H2,2H3;5-9H,1H2,2-4H3;4-8,10H,1H2,2-3H3. The molecule has 0 saturated heterocycles. The molecule has 0 saturated carbocycles. The summed E-state index contributed by atoms with van der Waals surface area (Å²) in [6.45, 7) is 33.8. The highest BCUT2D eigenvalue weighted by Gasteiger charge is 2.40. The van der Waals surface area contributed by atoms with Crippen molar-refractivity contribution in [3.05, 3.63) is 323 Å². The first-order valence-electron chi connectivity index (χ1n) is 28.7. The van der Waals surface area contributed by atoms with Crippen LogP contribution in [0.2, 0.25) is 0 Å². The Hall–Kier alpha value is -9.93. The molecule has 8 aromatic carbocycles. The van der Waals surface area contributed by atoms with Gasteiger partial charge in [-0.3, -0.25) is 0 Å². The minimum Gasteiger partial charge on any atom is -0.454 e. The zero-order chi connectivity index (χ0) is 63.4. The minimum absolute atomic E-state index is 0.171. The molecular weight excluding hydrogens is 1080 g/mol. The molecule has 0 amide bonds. The van der Waals surface area contributed by atoms with Crippen molar-refractivity contribution < 1.29 is 47.7 Å². The summed E-state index contributed by atoms with van der Waals surface area (Å²) in [5.41, 5.74) is 11.4. The van der Waals surface area contributed by atoms with E-state index >= 15 is 0 Å². The van der Waals surface area contributed by atoms with Crippen molar-refractivity contribution in [2.75, 3.05) is 0 Å². The first kappa shape index (κ1) is 66.2. The highest BCUT2D eigenvalue weighted by Crippen LogP contribution is 2.43. The second-order valence-corrected chi connectivity index (χ2v) is 22.1. The largest absolute Gasteiger partial charge is 0.454 e. The van der Waals surface area contributed by atoms with E-state index in [1.165, 1.54) is 27.5 Å². The van der Waals surface area contributed by atoms with Crippen LogP contribution in [0.3, 0.4) is 0 Å². The average molecular weight is 1160 g/mol. The van der Waals surface area contributed by atoms with Crippen LogP contribution in [0.4, 0.5) is 0 Å². The smallest absolute Gasteiger partial charge is 0.334 e. The van der Waals surface area contributed by atoms with Crippen LogP contribution in [0, 0.1) is 0 Å². The van der Waals surface area contributed by atoms with E-state index in [2.05, 4.69) is 63.2 Å². The first-order valence-corrected chi connectivity index (χ1v) is 28.7. The summed E-state index contributed by atoms with van der Waals surface area (Å²) in [4.78, 5) is 58.2. The maximum Gasteiger partial charge on any atom is 0.334 e. The predicted molar refractivity (Wildman–Crippen MR) is 346 cm³/mol. The Morgan fingerprint density at radius 2 is 0.862 bits per heavy atom. The topological polar surface area (TPSA) is 132 Å². The Morgan fingerprint density at radius 1 is 0.460 bits per heavy atom. The molecule has 10 rings (SSSR count). The lowest BCUT2D eigenvalue weighted by Gasteiger charge is -2.37. The molecule has 0 bridgehead atoms. The molecule has 2 unspecified atom stereocenters. The number of carbonyl (C=O) groups excluding carboxylic acids is 5. The van der Waals surface area contributed by atoms with Crippen LogP contribution in [0.5, 0.6) is 0 Å². The first-order chi connectivity index (χ1) is 41.4. The van der Waals surface area contributed by atoms with Crippen LogP contribution in [0.1, 0.15) is 136 Å². The van der Waals surface area contributed by atoms with Crippen LogP contribution in [0.15, 0.2) is 267 Å². The lowest BCUT2D eigenvalue weighted by Crippen LogP contribution is -2.35. The fourth-order valence-corrected chi connectivity index (χ4v) is 9.61. The summed E-state index contributed by atoms with van der Waals surface area (Å²) in [7, 11) is 0. The fourth-order valence-electron chi connectivity index (χ4n) is 9.61. The number of hydrogen-bond donors (Lipinski definition) is 0. The summed E-state index contributed by atoms with van der Waals surface area (Å²) in [6, 6.07) is 67.3. The van der Waals surface area contributed by atoms with E-state index in [0.717, 1.165) is 51.8 Å². The van der Waals surface area contributed by atoms with Gasteiger partial charge < -0.3 is 23.7 Å². The van der Waals surface area contributed by atoms with Crippen molar-refractivity contribution >= 4 is 40.6 Å². The van der Waals surface area contributed by atoms with Crippen molar-refractivity contribution in [1.29, 1.82) is 0 Å². The molecule has 10 nitrogen and oxygen atoms in total. The second-order valence-electron chi connectivity index (χ2n) is 22.1. The lowest BCUT2D eigenvalue weighted by atomic mass is 9.75. The Labute approximate surface area is 513 Å². The minimum atomic E-state index is -0.762. The van der Waals surface area contributed by atoms with Crippen LogP contribution >= 0.6 is 0 Å². The number of carbonyl (C=O) groups is 5. The van der Waals surface area contributed by atoms with Gasteiger partial charge >= 0.3 is 29.8 Å². The molecule has 2 aliphatic rings. The van der Waals surface area contributed by atoms with Gasteiger partial charge in [0.2, 0.25) is 0 Å². The summed E-state index contributed by atoms with van der Waals surface area (Å²) in [6.07, 6.45) is 0.838. The maximum atomic E-state index is 12.1. The van der Waals surface area contributed by atoms with Crippen molar-refractivity contribution in [3.8, 4) is 0 Å². The Bertz CT molecular complexity index is 3670. The SMILES string of the molecule is C=C(C)C(=O)OC(C)(C)c1ccccc1.C=C(C)C(=O)OC(C)c1ccccc1.C=C(C)C(=O)OC(c1ccccc1)c1ccccc1.C=C(C)C(=O)OC1(C)c2ccccc2Cc2ccccc21.C=C(C)C(=O)OC1Cc2cccc3cccc1c23. The van der Waals surface area contributed by atoms with Crippen LogP contribution in [-0.4, -0.2) is 29.8 Å². The van der Waals surface area contributed by atoms with Gasteiger partial charge in [-0.1, -0.05) is 239 Å². The van der Waals surface area contributed by atoms with E-state index in [1.54, 1.807) is 34.6 Å². The molecule has 2 atom stereocenters. The van der Waals surface area contributed by atoms with Crippen molar-refractivity contribution in [2.24, 2.45) is 0 Å². The van der Waals surface area contributed by atoms with Crippen LogP contribution in [0.25, 0.3) is 10.8 Å². The monoisotopic (exact) mass is 1160 g/mol. The third kappa shape index (κ3) is 18.0. The molecule has 8 aromatic rings. The quantitative estimate of drug-likeness (QED) is 0.0589.